The number of aliphatic imine (C=N–C) groups is 1. The van der Waals surface area contributed by atoms with Crippen LogP contribution in [0.5, 0.6) is 0 Å². The highest BCUT2D eigenvalue weighted by atomic mass is 16.5. The summed E-state index contributed by atoms with van der Waals surface area (Å²) in [4.78, 5) is 4.93. The van der Waals surface area contributed by atoms with Crippen molar-refractivity contribution < 1.29 is 4.74 Å². The van der Waals surface area contributed by atoms with Crippen LogP contribution in [0.25, 0.3) is 0 Å². The van der Waals surface area contributed by atoms with Gasteiger partial charge in [0.1, 0.15) is 11.6 Å². The normalized spacial score (nSPS) is 32.5. The minimum absolute atomic E-state index is 0.163. The van der Waals surface area contributed by atoms with Gasteiger partial charge in [-0.05, 0) is 32.6 Å². The maximum atomic E-state index is 5.92. The molecule has 3 aliphatic rings. The number of aryl methyl sites for hydroxylation is 2. The molecule has 1 aliphatic carbocycles. The van der Waals surface area contributed by atoms with Crippen molar-refractivity contribution >= 4 is 5.96 Å². The Morgan fingerprint density at radius 3 is 3.00 bits per heavy atom. The Labute approximate surface area is 156 Å². The molecule has 7 heteroatoms. The number of fused-ring (bicyclic) bond motifs is 2. The van der Waals surface area contributed by atoms with Gasteiger partial charge in [0.05, 0.1) is 6.10 Å². The lowest BCUT2D eigenvalue weighted by Crippen LogP contribution is -2.68. The molecule has 0 amide bonds. The van der Waals surface area contributed by atoms with Crippen LogP contribution in [0.15, 0.2) is 4.99 Å². The van der Waals surface area contributed by atoms with Crippen molar-refractivity contribution in [3.8, 4) is 0 Å². The van der Waals surface area contributed by atoms with Crippen LogP contribution in [-0.4, -0.2) is 52.6 Å². The van der Waals surface area contributed by atoms with Gasteiger partial charge in [0.25, 0.3) is 0 Å². The van der Waals surface area contributed by atoms with Crippen molar-refractivity contribution in [1.82, 2.24) is 25.4 Å². The van der Waals surface area contributed by atoms with Crippen LogP contribution in [0.4, 0.5) is 0 Å². The molecular weight excluding hydrogens is 328 g/mol. The summed E-state index contributed by atoms with van der Waals surface area (Å²) < 4.78 is 8.17. The zero-order chi connectivity index (χ0) is 18.3. The number of guanidine groups is 1. The highest BCUT2D eigenvalue weighted by Gasteiger charge is 2.59. The first-order valence-corrected chi connectivity index (χ1v) is 10.1. The summed E-state index contributed by atoms with van der Waals surface area (Å²) in [7, 11) is 0. The van der Waals surface area contributed by atoms with E-state index in [-0.39, 0.29) is 5.41 Å². The van der Waals surface area contributed by atoms with Crippen LogP contribution in [0, 0.1) is 24.2 Å². The first kappa shape index (κ1) is 17.8. The first-order valence-electron chi connectivity index (χ1n) is 10.1. The van der Waals surface area contributed by atoms with E-state index in [9.17, 15) is 0 Å². The molecule has 4 unspecified atom stereocenters. The maximum absolute atomic E-state index is 5.92. The zero-order valence-corrected chi connectivity index (χ0v) is 16.5. The second-order valence-corrected chi connectivity index (χ2v) is 8.59. The van der Waals surface area contributed by atoms with E-state index in [1.165, 1.54) is 0 Å². The standard InChI is InChI=1S/C19H32N6O/c1-5-20-18(22-16-14-8-9-26-17(14)19(16,3)4)21-10-13-6-7-15-24-23-12(2)25(15)11-13/h13-14,16-17H,5-11H2,1-4H3,(H2,20,21,22). The first-order chi connectivity index (χ1) is 12.5. The van der Waals surface area contributed by atoms with E-state index < -0.39 is 0 Å². The summed E-state index contributed by atoms with van der Waals surface area (Å²) in [6.45, 7) is 12.4. The summed E-state index contributed by atoms with van der Waals surface area (Å²) in [5, 5.41) is 15.6. The summed E-state index contributed by atoms with van der Waals surface area (Å²) in [6.07, 6.45) is 3.69. The van der Waals surface area contributed by atoms with Crippen molar-refractivity contribution in [2.75, 3.05) is 19.7 Å². The van der Waals surface area contributed by atoms with Crippen molar-refractivity contribution in [3.05, 3.63) is 11.6 Å². The average molecular weight is 361 g/mol. The Balaban J connectivity index is 1.40. The van der Waals surface area contributed by atoms with Crippen molar-refractivity contribution in [2.24, 2.45) is 22.2 Å². The molecule has 4 atom stereocenters. The summed E-state index contributed by atoms with van der Waals surface area (Å²) in [6, 6.07) is 0.436. The molecule has 3 heterocycles. The molecule has 1 aromatic heterocycles. The lowest BCUT2D eigenvalue weighted by molar-refractivity contribution is -0.106. The fourth-order valence-electron chi connectivity index (χ4n) is 4.98. The Hall–Kier alpha value is -1.63. The molecule has 1 aromatic rings. The fraction of sp³-hybridized carbons (Fsp3) is 0.842. The van der Waals surface area contributed by atoms with Gasteiger partial charge in [-0.15, -0.1) is 10.2 Å². The molecule has 144 valence electrons. The van der Waals surface area contributed by atoms with Gasteiger partial charge in [-0.3, -0.25) is 4.99 Å². The van der Waals surface area contributed by atoms with E-state index in [0.717, 1.165) is 63.1 Å². The number of nitrogens with one attached hydrogen (secondary N) is 2. The SMILES string of the molecule is CCNC(=NCC1CCc2nnc(C)n2C1)NC1C2CCOC2C1(C)C. The molecule has 7 nitrogen and oxygen atoms in total. The van der Waals surface area contributed by atoms with E-state index in [2.05, 4.69) is 46.2 Å². The third-order valence-electron chi connectivity index (χ3n) is 6.47. The number of ether oxygens (including phenoxy) is 1. The second-order valence-electron chi connectivity index (χ2n) is 8.59. The van der Waals surface area contributed by atoms with E-state index >= 15 is 0 Å². The van der Waals surface area contributed by atoms with Crippen LogP contribution in [-0.2, 0) is 17.7 Å². The third kappa shape index (κ3) is 3.00. The number of hydrogen-bond donors (Lipinski definition) is 2. The van der Waals surface area contributed by atoms with Crippen LogP contribution in [0.3, 0.4) is 0 Å². The number of hydrogen-bond acceptors (Lipinski definition) is 4. The van der Waals surface area contributed by atoms with Gasteiger partial charge in [0, 0.05) is 50.0 Å². The molecule has 0 radical (unpaired) electrons. The summed E-state index contributed by atoms with van der Waals surface area (Å²) in [5.74, 6) is 4.25. The molecule has 4 rings (SSSR count). The smallest absolute Gasteiger partial charge is 0.191 e. The molecule has 0 aromatic carbocycles. The van der Waals surface area contributed by atoms with Crippen molar-refractivity contribution in [2.45, 2.75) is 65.6 Å². The van der Waals surface area contributed by atoms with Gasteiger partial charge in [-0.25, -0.2) is 0 Å². The molecule has 0 bridgehead atoms. The maximum Gasteiger partial charge on any atom is 0.191 e. The third-order valence-corrected chi connectivity index (χ3v) is 6.47. The zero-order valence-electron chi connectivity index (χ0n) is 16.5. The number of rotatable bonds is 4. The largest absolute Gasteiger partial charge is 0.377 e. The van der Waals surface area contributed by atoms with E-state index in [4.69, 9.17) is 9.73 Å². The molecule has 2 aliphatic heterocycles. The molecule has 1 saturated carbocycles. The van der Waals surface area contributed by atoms with E-state index in [1.54, 1.807) is 0 Å². The Morgan fingerprint density at radius 2 is 2.19 bits per heavy atom. The van der Waals surface area contributed by atoms with Gasteiger partial charge >= 0.3 is 0 Å². The molecule has 2 N–H and O–H groups in total. The van der Waals surface area contributed by atoms with Gasteiger partial charge in [-0.2, -0.15) is 0 Å². The van der Waals surface area contributed by atoms with Gasteiger partial charge in [0.15, 0.2) is 5.96 Å². The summed E-state index contributed by atoms with van der Waals surface area (Å²) >= 11 is 0. The Kier molecular flexibility index (Phi) is 4.67. The molecular formula is C19H32N6O. The van der Waals surface area contributed by atoms with Crippen molar-refractivity contribution in [1.29, 1.82) is 0 Å². The van der Waals surface area contributed by atoms with Gasteiger partial charge in [-0.1, -0.05) is 13.8 Å². The number of aromatic nitrogens is 3. The fourth-order valence-corrected chi connectivity index (χ4v) is 4.98. The predicted molar refractivity (Wildman–Crippen MR) is 101 cm³/mol. The van der Waals surface area contributed by atoms with Gasteiger partial charge in [0.2, 0.25) is 0 Å². The average Bonchev–Trinajstić information content (AvgIpc) is 3.23. The highest BCUT2D eigenvalue weighted by molar-refractivity contribution is 5.80. The minimum atomic E-state index is 0.163. The predicted octanol–water partition coefficient (Wildman–Crippen LogP) is 1.52. The minimum Gasteiger partial charge on any atom is -0.377 e. The Morgan fingerprint density at radius 1 is 1.35 bits per heavy atom. The van der Waals surface area contributed by atoms with Crippen molar-refractivity contribution in [3.63, 3.8) is 0 Å². The number of nitrogens with zero attached hydrogens (tertiary/aromatic N) is 4. The van der Waals surface area contributed by atoms with Crippen LogP contribution in [0.2, 0.25) is 0 Å². The highest BCUT2D eigenvalue weighted by Crippen LogP contribution is 2.52. The second kappa shape index (κ2) is 6.83. The Bertz CT molecular complexity index is 682. The molecule has 2 fully saturated rings. The monoisotopic (exact) mass is 360 g/mol. The van der Waals surface area contributed by atoms with Crippen LogP contribution >= 0.6 is 0 Å². The topological polar surface area (TPSA) is 76.4 Å². The van der Waals surface area contributed by atoms with E-state index in [1.807, 2.05) is 6.92 Å². The van der Waals surface area contributed by atoms with Crippen LogP contribution < -0.4 is 10.6 Å². The van der Waals surface area contributed by atoms with Crippen LogP contribution in [0.1, 0.15) is 45.3 Å². The van der Waals surface area contributed by atoms with Gasteiger partial charge < -0.3 is 19.9 Å². The lowest BCUT2D eigenvalue weighted by atomic mass is 9.57. The quantitative estimate of drug-likeness (QED) is 0.629. The molecule has 0 spiro atoms. The molecule has 26 heavy (non-hydrogen) atoms. The molecule has 1 saturated heterocycles. The summed E-state index contributed by atoms with van der Waals surface area (Å²) in [5.41, 5.74) is 0.163. The van der Waals surface area contributed by atoms with E-state index in [0.29, 0.717) is 24.0 Å². The lowest BCUT2D eigenvalue weighted by Gasteiger charge is -2.54.